The summed E-state index contributed by atoms with van der Waals surface area (Å²) >= 11 is 0. The van der Waals surface area contributed by atoms with Crippen LogP contribution in [0.25, 0.3) is 0 Å². The average Bonchev–Trinajstić information content (AvgIpc) is 3.46. The summed E-state index contributed by atoms with van der Waals surface area (Å²) in [6, 6.07) is 19.5. The standard InChI is InChI=1S/C37H47N5O6/c1-36(2,3)47-34(45)40-31-14-9-8-13-30(31)39-32(43)27-17-15-25(16-18-27)24-42(22-21-41(7)35(46)48-37(4,5)6)33(44)38-29-20-19-26-11-10-12-28(26)23-29/h8-9,13-20,23H,10-12,21-22,24H2,1-7H3,(H,38,44)(H,39,43)(H,40,45). The van der Waals surface area contributed by atoms with E-state index in [9.17, 15) is 19.2 Å². The quantitative estimate of drug-likeness (QED) is 0.217. The van der Waals surface area contributed by atoms with Crippen molar-refractivity contribution in [3.8, 4) is 0 Å². The second kappa shape index (κ2) is 15.2. The number of nitrogens with zero attached hydrogens (tertiary/aromatic N) is 2. The van der Waals surface area contributed by atoms with Gasteiger partial charge in [-0.1, -0.05) is 30.3 Å². The summed E-state index contributed by atoms with van der Waals surface area (Å²) in [5.41, 5.74) is 3.99. The largest absolute Gasteiger partial charge is 0.444 e. The highest BCUT2D eigenvalue weighted by Gasteiger charge is 2.23. The number of carbonyl (C=O) groups excluding carboxylic acids is 4. The van der Waals surface area contributed by atoms with Crippen LogP contribution in [0.5, 0.6) is 0 Å². The molecule has 5 amide bonds. The van der Waals surface area contributed by atoms with Crippen LogP contribution in [0, 0.1) is 0 Å². The Kier molecular flexibility index (Phi) is 11.4. The molecule has 3 aromatic carbocycles. The Bertz CT molecular complexity index is 1620. The fourth-order valence-corrected chi connectivity index (χ4v) is 5.10. The molecule has 0 bridgehead atoms. The number of anilines is 3. The maximum atomic E-state index is 13.6. The van der Waals surface area contributed by atoms with E-state index in [1.54, 1.807) is 102 Å². The van der Waals surface area contributed by atoms with Crippen LogP contribution in [0.1, 0.15) is 75.0 Å². The molecule has 0 aromatic heterocycles. The molecular weight excluding hydrogens is 610 g/mol. The first-order chi connectivity index (χ1) is 22.6. The molecule has 1 aliphatic carbocycles. The van der Waals surface area contributed by atoms with Crippen molar-refractivity contribution in [1.29, 1.82) is 0 Å². The molecule has 0 fully saturated rings. The summed E-state index contributed by atoms with van der Waals surface area (Å²) in [5.74, 6) is -0.370. The summed E-state index contributed by atoms with van der Waals surface area (Å²) in [5, 5.41) is 8.55. The number of nitrogens with one attached hydrogen (secondary N) is 3. The van der Waals surface area contributed by atoms with Gasteiger partial charge in [-0.2, -0.15) is 0 Å². The zero-order chi connectivity index (χ0) is 35.1. The van der Waals surface area contributed by atoms with E-state index >= 15 is 0 Å². The van der Waals surface area contributed by atoms with E-state index in [1.165, 1.54) is 16.0 Å². The summed E-state index contributed by atoms with van der Waals surface area (Å²) < 4.78 is 10.8. The van der Waals surface area contributed by atoms with Crippen LogP contribution in [0.3, 0.4) is 0 Å². The minimum Gasteiger partial charge on any atom is -0.444 e. The van der Waals surface area contributed by atoms with Crippen LogP contribution >= 0.6 is 0 Å². The minimum absolute atomic E-state index is 0.240. The second-order valence-electron chi connectivity index (χ2n) is 13.9. The van der Waals surface area contributed by atoms with Crippen molar-refractivity contribution in [2.45, 2.75) is 78.6 Å². The highest BCUT2D eigenvalue weighted by molar-refractivity contribution is 6.06. The molecule has 4 rings (SSSR count). The number of rotatable bonds is 9. The summed E-state index contributed by atoms with van der Waals surface area (Å²) in [7, 11) is 1.64. The monoisotopic (exact) mass is 657 g/mol. The molecule has 3 aromatic rings. The normalized spacial score (nSPS) is 12.4. The second-order valence-corrected chi connectivity index (χ2v) is 13.9. The predicted octanol–water partition coefficient (Wildman–Crippen LogP) is 7.68. The van der Waals surface area contributed by atoms with E-state index in [2.05, 4.69) is 22.0 Å². The number of para-hydroxylation sites is 2. The van der Waals surface area contributed by atoms with E-state index < -0.39 is 23.4 Å². The molecule has 0 saturated heterocycles. The number of benzene rings is 3. The zero-order valence-corrected chi connectivity index (χ0v) is 28.9. The third-order valence-corrected chi connectivity index (χ3v) is 7.45. The van der Waals surface area contributed by atoms with Gasteiger partial charge in [0.2, 0.25) is 0 Å². The SMILES string of the molecule is CN(CCN(Cc1ccc(C(=O)Nc2ccccc2NC(=O)OC(C)(C)C)cc1)C(=O)Nc1ccc2c(c1)CCC2)C(=O)OC(C)(C)C. The molecule has 48 heavy (non-hydrogen) atoms. The lowest BCUT2D eigenvalue weighted by Gasteiger charge is -2.28. The van der Waals surface area contributed by atoms with E-state index in [0.29, 0.717) is 16.9 Å². The number of hydrogen-bond donors (Lipinski definition) is 3. The first-order valence-electron chi connectivity index (χ1n) is 16.2. The lowest BCUT2D eigenvalue weighted by Crippen LogP contribution is -2.42. The van der Waals surface area contributed by atoms with Gasteiger partial charge in [0, 0.05) is 37.9 Å². The van der Waals surface area contributed by atoms with Gasteiger partial charge in [0.1, 0.15) is 11.2 Å². The van der Waals surface area contributed by atoms with Crippen molar-refractivity contribution in [2.24, 2.45) is 0 Å². The summed E-state index contributed by atoms with van der Waals surface area (Å²) in [4.78, 5) is 54.7. The molecule has 0 spiro atoms. The molecule has 0 saturated carbocycles. The lowest BCUT2D eigenvalue weighted by molar-refractivity contribution is 0.0287. The van der Waals surface area contributed by atoms with Crippen molar-refractivity contribution in [3.63, 3.8) is 0 Å². The Morgan fingerprint density at radius 2 is 1.35 bits per heavy atom. The minimum atomic E-state index is -0.671. The highest BCUT2D eigenvalue weighted by atomic mass is 16.6. The van der Waals surface area contributed by atoms with Crippen LogP contribution in [-0.4, -0.2) is 65.3 Å². The Morgan fingerprint density at radius 1 is 0.729 bits per heavy atom. The van der Waals surface area contributed by atoms with Crippen LogP contribution in [-0.2, 0) is 28.9 Å². The van der Waals surface area contributed by atoms with Gasteiger partial charge in [0.25, 0.3) is 5.91 Å². The number of hydrogen-bond acceptors (Lipinski definition) is 6. The van der Waals surface area contributed by atoms with Crippen molar-refractivity contribution >= 4 is 41.2 Å². The van der Waals surface area contributed by atoms with E-state index in [1.807, 2.05) is 12.1 Å². The molecule has 0 radical (unpaired) electrons. The molecule has 0 aliphatic heterocycles. The van der Waals surface area contributed by atoms with Gasteiger partial charge in [-0.3, -0.25) is 10.1 Å². The molecule has 1 aliphatic rings. The Hall–Kier alpha value is -5.06. The molecular formula is C37H47N5O6. The highest BCUT2D eigenvalue weighted by Crippen LogP contribution is 2.26. The molecule has 0 atom stereocenters. The maximum absolute atomic E-state index is 13.6. The van der Waals surface area contributed by atoms with Crippen LogP contribution in [0.2, 0.25) is 0 Å². The third kappa shape index (κ3) is 10.8. The molecule has 0 heterocycles. The summed E-state index contributed by atoms with van der Waals surface area (Å²) in [6.45, 7) is 11.5. The first-order valence-corrected chi connectivity index (χ1v) is 16.2. The van der Waals surface area contributed by atoms with E-state index in [0.717, 1.165) is 30.5 Å². The van der Waals surface area contributed by atoms with Gasteiger partial charge in [-0.25, -0.2) is 14.4 Å². The first kappa shape index (κ1) is 35.8. The van der Waals surface area contributed by atoms with Crippen LogP contribution < -0.4 is 16.0 Å². The summed E-state index contributed by atoms with van der Waals surface area (Å²) in [6.07, 6.45) is 2.06. The molecule has 3 N–H and O–H groups in total. The smallest absolute Gasteiger partial charge is 0.412 e. The van der Waals surface area contributed by atoms with Crippen molar-refractivity contribution in [3.05, 3.63) is 89.0 Å². The van der Waals surface area contributed by atoms with Gasteiger partial charge in [0.15, 0.2) is 0 Å². The van der Waals surface area contributed by atoms with E-state index in [-0.39, 0.29) is 31.6 Å². The predicted molar refractivity (Wildman–Crippen MR) is 187 cm³/mol. The molecule has 11 nitrogen and oxygen atoms in total. The van der Waals surface area contributed by atoms with Gasteiger partial charge in [-0.15, -0.1) is 0 Å². The lowest BCUT2D eigenvalue weighted by atomic mass is 10.1. The van der Waals surface area contributed by atoms with Crippen molar-refractivity contribution in [1.82, 2.24) is 9.80 Å². The number of likely N-dealkylation sites (N-methyl/N-ethyl adjacent to an activating group) is 1. The fourth-order valence-electron chi connectivity index (χ4n) is 5.10. The Labute approximate surface area is 283 Å². The Morgan fingerprint density at radius 3 is 2.00 bits per heavy atom. The van der Waals surface area contributed by atoms with Gasteiger partial charge < -0.3 is 29.9 Å². The molecule has 256 valence electrons. The van der Waals surface area contributed by atoms with Crippen molar-refractivity contribution in [2.75, 3.05) is 36.1 Å². The third-order valence-electron chi connectivity index (χ3n) is 7.45. The number of carbonyl (C=O) groups is 4. The fraction of sp³-hybridized carbons (Fsp3) is 0.405. The average molecular weight is 658 g/mol. The number of urea groups is 1. The van der Waals surface area contributed by atoms with Crippen molar-refractivity contribution < 1.29 is 28.7 Å². The van der Waals surface area contributed by atoms with Crippen LogP contribution in [0.15, 0.2) is 66.7 Å². The number of fused-ring (bicyclic) bond motifs is 1. The number of ether oxygens (including phenoxy) is 2. The van der Waals surface area contributed by atoms with E-state index in [4.69, 9.17) is 9.47 Å². The molecule has 11 heteroatoms. The topological polar surface area (TPSA) is 129 Å². The van der Waals surface area contributed by atoms with Gasteiger partial charge in [-0.05, 0) is 114 Å². The number of amides is 5. The Balaban J connectivity index is 1.44. The van der Waals surface area contributed by atoms with Crippen LogP contribution in [0.4, 0.5) is 31.4 Å². The zero-order valence-electron chi connectivity index (χ0n) is 28.9. The maximum Gasteiger partial charge on any atom is 0.412 e. The molecule has 0 unspecified atom stereocenters. The van der Waals surface area contributed by atoms with Gasteiger partial charge in [0.05, 0.1) is 11.4 Å². The number of aryl methyl sites for hydroxylation is 2. The van der Waals surface area contributed by atoms with Gasteiger partial charge >= 0.3 is 18.2 Å².